The third kappa shape index (κ3) is 1.69. The van der Waals surface area contributed by atoms with Gasteiger partial charge in [0.1, 0.15) is 5.56 Å². The molecule has 2 heterocycles. The Balaban J connectivity index is 2.17. The molecule has 0 N–H and O–H groups in total. The Labute approximate surface area is 99.2 Å². The second-order valence-corrected chi connectivity index (χ2v) is 4.29. The molecule has 2 aromatic rings. The summed E-state index contributed by atoms with van der Waals surface area (Å²) in [4.78, 5) is 12.0. The second-order valence-electron chi connectivity index (χ2n) is 4.29. The van der Waals surface area contributed by atoms with E-state index in [2.05, 4.69) is 5.10 Å². The van der Waals surface area contributed by atoms with Gasteiger partial charge in [-0.25, -0.2) is 9.31 Å². The zero-order valence-corrected chi connectivity index (χ0v) is 9.72. The minimum atomic E-state index is -0.254. The summed E-state index contributed by atoms with van der Waals surface area (Å²) in [5.41, 5.74) is 2.39. The summed E-state index contributed by atoms with van der Waals surface area (Å²) >= 11 is 0. The van der Waals surface area contributed by atoms with Crippen molar-refractivity contribution in [2.24, 2.45) is 0 Å². The molecule has 17 heavy (non-hydrogen) atoms. The van der Waals surface area contributed by atoms with Crippen LogP contribution in [0.4, 0.5) is 0 Å². The molecule has 0 spiro atoms. The molecular weight excluding hydrogens is 216 g/mol. The van der Waals surface area contributed by atoms with Crippen LogP contribution in [0.1, 0.15) is 41.7 Å². The van der Waals surface area contributed by atoms with Gasteiger partial charge in [0, 0.05) is 12.1 Å². The highest BCUT2D eigenvalue weighted by molar-refractivity contribution is 5.98. The first-order chi connectivity index (χ1) is 8.31. The number of hydrogen-bond acceptors (Lipinski definition) is 3. The van der Waals surface area contributed by atoms with Crippen LogP contribution in [-0.2, 0) is 4.74 Å². The maximum absolute atomic E-state index is 12.0. The Bertz CT molecular complexity index is 570. The predicted molar refractivity (Wildman–Crippen MR) is 63.1 cm³/mol. The fraction of sp³-hybridized carbons (Fsp3) is 0.385. The summed E-state index contributed by atoms with van der Waals surface area (Å²) in [7, 11) is 0. The third-order valence-electron chi connectivity index (χ3n) is 3.01. The van der Waals surface area contributed by atoms with Gasteiger partial charge >= 0.3 is 5.97 Å². The molecule has 0 atom stereocenters. The normalized spacial score (nSPS) is 15.1. The van der Waals surface area contributed by atoms with Crippen molar-refractivity contribution >= 4 is 11.5 Å². The average molecular weight is 230 g/mol. The van der Waals surface area contributed by atoms with E-state index >= 15 is 0 Å². The highest BCUT2D eigenvalue weighted by Crippen LogP contribution is 2.41. The molecule has 1 saturated carbocycles. The molecule has 2 aromatic heterocycles. The molecule has 4 nitrogen and oxygen atoms in total. The number of hydrogen-bond donors (Lipinski definition) is 0. The van der Waals surface area contributed by atoms with Crippen molar-refractivity contribution in [1.29, 1.82) is 0 Å². The zero-order valence-electron chi connectivity index (χ0n) is 9.72. The highest BCUT2D eigenvalue weighted by Gasteiger charge is 2.33. The number of rotatable bonds is 3. The largest absolute Gasteiger partial charge is 0.462 e. The van der Waals surface area contributed by atoms with E-state index in [1.165, 1.54) is 0 Å². The van der Waals surface area contributed by atoms with Gasteiger partial charge in [-0.2, -0.15) is 5.10 Å². The first-order valence-electron chi connectivity index (χ1n) is 5.95. The molecule has 0 aliphatic heterocycles. The fourth-order valence-electron chi connectivity index (χ4n) is 2.07. The Morgan fingerprint density at radius 2 is 2.35 bits per heavy atom. The van der Waals surface area contributed by atoms with E-state index in [0.717, 1.165) is 24.1 Å². The standard InChI is InChI=1S/C13H14N2O2/c1-2-17-13(16)11-10-5-3-4-8-15(10)14-12(11)9-6-7-9/h3-5,8-9H,2,6-7H2,1H3. The maximum Gasteiger partial charge on any atom is 0.342 e. The van der Waals surface area contributed by atoms with Crippen LogP contribution < -0.4 is 0 Å². The zero-order chi connectivity index (χ0) is 11.8. The van der Waals surface area contributed by atoms with Gasteiger partial charge in [-0.1, -0.05) is 6.07 Å². The maximum atomic E-state index is 12.0. The molecule has 0 aromatic carbocycles. The van der Waals surface area contributed by atoms with Gasteiger partial charge < -0.3 is 4.74 Å². The topological polar surface area (TPSA) is 43.6 Å². The third-order valence-corrected chi connectivity index (χ3v) is 3.01. The smallest absolute Gasteiger partial charge is 0.342 e. The van der Waals surface area contributed by atoms with E-state index in [-0.39, 0.29) is 5.97 Å². The average Bonchev–Trinajstić information content (AvgIpc) is 3.09. The van der Waals surface area contributed by atoms with Crippen molar-refractivity contribution < 1.29 is 9.53 Å². The molecule has 1 aliphatic carbocycles. The van der Waals surface area contributed by atoms with Crippen molar-refractivity contribution in [1.82, 2.24) is 9.61 Å². The number of esters is 1. The predicted octanol–water partition coefficient (Wildman–Crippen LogP) is 2.39. The van der Waals surface area contributed by atoms with Crippen molar-refractivity contribution in [3.63, 3.8) is 0 Å². The van der Waals surface area contributed by atoms with E-state index in [0.29, 0.717) is 18.1 Å². The van der Waals surface area contributed by atoms with Gasteiger partial charge in [-0.15, -0.1) is 0 Å². The monoisotopic (exact) mass is 230 g/mol. The lowest BCUT2D eigenvalue weighted by molar-refractivity contribution is 0.0527. The number of carbonyl (C=O) groups excluding carboxylic acids is 1. The second kappa shape index (κ2) is 3.87. The van der Waals surface area contributed by atoms with Crippen molar-refractivity contribution in [3.8, 4) is 0 Å². The van der Waals surface area contributed by atoms with Gasteiger partial charge in [0.25, 0.3) is 0 Å². The lowest BCUT2D eigenvalue weighted by Gasteiger charge is -2.01. The van der Waals surface area contributed by atoms with E-state index in [1.807, 2.05) is 31.3 Å². The Hall–Kier alpha value is -1.84. The van der Waals surface area contributed by atoms with Crippen molar-refractivity contribution in [2.75, 3.05) is 6.61 Å². The molecule has 0 amide bonds. The Kier molecular flexibility index (Phi) is 2.35. The number of pyridine rings is 1. The van der Waals surface area contributed by atoms with E-state index < -0.39 is 0 Å². The molecule has 1 fully saturated rings. The molecular formula is C13H14N2O2. The molecule has 0 bridgehead atoms. The van der Waals surface area contributed by atoms with Crippen LogP contribution >= 0.6 is 0 Å². The highest BCUT2D eigenvalue weighted by atomic mass is 16.5. The molecule has 88 valence electrons. The Morgan fingerprint density at radius 3 is 3.06 bits per heavy atom. The number of ether oxygens (including phenoxy) is 1. The molecule has 1 aliphatic rings. The number of nitrogens with zero attached hydrogens (tertiary/aromatic N) is 2. The lowest BCUT2D eigenvalue weighted by atomic mass is 10.1. The summed E-state index contributed by atoms with van der Waals surface area (Å²) in [6.45, 7) is 2.22. The lowest BCUT2D eigenvalue weighted by Crippen LogP contribution is -2.06. The van der Waals surface area contributed by atoms with E-state index in [4.69, 9.17) is 4.74 Å². The van der Waals surface area contributed by atoms with Gasteiger partial charge in [0.15, 0.2) is 0 Å². The summed E-state index contributed by atoms with van der Waals surface area (Å²) in [6, 6.07) is 5.73. The van der Waals surface area contributed by atoms with E-state index in [9.17, 15) is 4.79 Å². The number of fused-ring (bicyclic) bond motifs is 1. The first-order valence-corrected chi connectivity index (χ1v) is 5.95. The van der Waals surface area contributed by atoms with Gasteiger partial charge in [0.05, 0.1) is 17.8 Å². The summed E-state index contributed by atoms with van der Waals surface area (Å²) in [5, 5.41) is 4.49. The first kappa shape index (κ1) is 10.3. The van der Waals surface area contributed by atoms with Crippen molar-refractivity contribution in [3.05, 3.63) is 35.7 Å². The molecule has 0 saturated heterocycles. The van der Waals surface area contributed by atoms with Gasteiger partial charge in [0.2, 0.25) is 0 Å². The minimum absolute atomic E-state index is 0.254. The van der Waals surface area contributed by atoms with Gasteiger partial charge in [-0.3, -0.25) is 0 Å². The number of carbonyl (C=O) groups is 1. The van der Waals surface area contributed by atoms with Crippen LogP contribution in [0.15, 0.2) is 24.4 Å². The molecule has 4 heteroatoms. The van der Waals surface area contributed by atoms with Gasteiger partial charge in [-0.05, 0) is 31.9 Å². The summed E-state index contributed by atoms with van der Waals surface area (Å²) in [6.07, 6.45) is 4.11. The number of aromatic nitrogens is 2. The molecule has 0 unspecified atom stereocenters. The molecule has 3 rings (SSSR count). The quantitative estimate of drug-likeness (QED) is 0.760. The summed E-state index contributed by atoms with van der Waals surface area (Å²) < 4.78 is 6.88. The van der Waals surface area contributed by atoms with E-state index in [1.54, 1.807) is 4.52 Å². The van der Waals surface area contributed by atoms with Crippen molar-refractivity contribution in [2.45, 2.75) is 25.7 Å². The minimum Gasteiger partial charge on any atom is -0.462 e. The fourth-order valence-corrected chi connectivity index (χ4v) is 2.07. The Morgan fingerprint density at radius 1 is 1.53 bits per heavy atom. The molecule has 0 radical (unpaired) electrons. The van der Waals surface area contributed by atoms with Crippen LogP contribution in [0.5, 0.6) is 0 Å². The van der Waals surface area contributed by atoms with Crippen LogP contribution in [-0.4, -0.2) is 22.2 Å². The van der Waals surface area contributed by atoms with Crippen LogP contribution in [0, 0.1) is 0 Å². The van der Waals surface area contributed by atoms with Crippen LogP contribution in [0.25, 0.3) is 5.52 Å². The van der Waals surface area contributed by atoms with Crippen LogP contribution in [0.3, 0.4) is 0 Å². The summed E-state index contributed by atoms with van der Waals surface area (Å²) in [5.74, 6) is 0.185. The SMILES string of the molecule is CCOC(=O)c1c(C2CC2)nn2ccccc12. The van der Waals surface area contributed by atoms with Crippen LogP contribution in [0.2, 0.25) is 0 Å².